The van der Waals surface area contributed by atoms with Crippen LogP contribution in [0.5, 0.6) is 0 Å². The first kappa shape index (κ1) is 20.9. The minimum Gasteiger partial charge on any atom is -0.361 e. The molecular formula is C23H27BrN2O2S. The van der Waals surface area contributed by atoms with Crippen molar-refractivity contribution in [2.24, 2.45) is 16.3 Å². The largest absolute Gasteiger partial charge is 0.361 e. The van der Waals surface area contributed by atoms with E-state index >= 15 is 0 Å². The predicted octanol–water partition coefficient (Wildman–Crippen LogP) is 5.68. The molecule has 2 unspecified atom stereocenters. The molecule has 2 atom stereocenters. The van der Waals surface area contributed by atoms with Crippen molar-refractivity contribution in [2.75, 3.05) is 6.26 Å². The fourth-order valence-corrected chi connectivity index (χ4v) is 5.84. The van der Waals surface area contributed by atoms with Gasteiger partial charge in [-0.3, -0.25) is 9.79 Å². The Morgan fingerprint density at radius 1 is 1.34 bits per heavy atom. The number of Topliss-reactive ketones (excluding diaryl/α,β-unsaturated/α-hetero) is 1. The van der Waals surface area contributed by atoms with Gasteiger partial charge in [-0.15, -0.1) is 11.8 Å². The number of hydrogen-bond acceptors (Lipinski definition) is 5. The number of aryl methyl sites for hydroxylation is 2. The van der Waals surface area contributed by atoms with Gasteiger partial charge in [0.1, 0.15) is 5.76 Å². The predicted molar refractivity (Wildman–Crippen MR) is 122 cm³/mol. The zero-order chi connectivity index (χ0) is 21.0. The third kappa shape index (κ3) is 3.05. The molecule has 2 aromatic rings. The minimum absolute atomic E-state index is 0.111. The second-order valence-electron chi connectivity index (χ2n) is 8.66. The molecule has 0 radical (unpaired) electrons. The average Bonchev–Trinajstić information content (AvgIpc) is 3.18. The second-order valence-corrected chi connectivity index (χ2v) is 10.6. The Morgan fingerprint density at radius 2 is 2.10 bits per heavy atom. The topological polar surface area (TPSA) is 55.5 Å². The number of hydrogen-bond donors (Lipinski definition) is 0. The Bertz CT molecular complexity index is 1010. The van der Waals surface area contributed by atoms with Crippen LogP contribution in [0.3, 0.4) is 0 Å². The summed E-state index contributed by atoms with van der Waals surface area (Å²) in [5.41, 5.74) is 3.34. The third-order valence-electron chi connectivity index (χ3n) is 6.68. The van der Waals surface area contributed by atoms with Crippen molar-refractivity contribution in [3.05, 3.63) is 50.8 Å². The van der Waals surface area contributed by atoms with Crippen LogP contribution in [0.1, 0.15) is 55.3 Å². The van der Waals surface area contributed by atoms with E-state index in [1.807, 2.05) is 34.0 Å². The Morgan fingerprint density at radius 3 is 2.79 bits per heavy atom. The number of halogens is 1. The summed E-state index contributed by atoms with van der Waals surface area (Å²) in [7, 11) is 0. The Labute approximate surface area is 185 Å². The van der Waals surface area contributed by atoms with Gasteiger partial charge in [0.2, 0.25) is 0 Å². The Kier molecular flexibility index (Phi) is 5.31. The van der Waals surface area contributed by atoms with Crippen LogP contribution in [0.25, 0.3) is 0 Å². The van der Waals surface area contributed by atoms with Gasteiger partial charge in [0.25, 0.3) is 0 Å². The van der Waals surface area contributed by atoms with Crippen molar-refractivity contribution in [3.8, 4) is 0 Å². The van der Waals surface area contributed by atoms with Gasteiger partial charge >= 0.3 is 0 Å². The summed E-state index contributed by atoms with van der Waals surface area (Å²) in [6.45, 7) is 7.99. The molecular weight excluding hydrogens is 448 g/mol. The standard InChI is InChI=1S/C23H27BrN2O2S/c1-13(2)21(27)23(25-15(4)29-5)19-10-17(24)7-6-16(19)11-22(23)9-8-20-18(12-22)14(3)28-26-20/h6-7,10,13H,8-9,11-12H2,1-5H3. The number of fused-ring (bicyclic) bond motifs is 2. The summed E-state index contributed by atoms with van der Waals surface area (Å²) in [5.74, 6) is 0.966. The third-order valence-corrected chi connectivity index (χ3v) is 7.86. The number of carbonyl (C=O) groups excluding carboxylic acids is 1. The maximum atomic E-state index is 14.0. The van der Waals surface area contributed by atoms with Gasteiger partial charge in [-0.05, 0) is 69.0 Å². The van der Waals surface area contributed by atoms with Gasteiger partial charge in [-0.2, -0.15) is 0 Å². The van der Waals surface area contributed by atoms with Crippen molar-refractivity contribution >= 4 is 38.5 Å². The molecule has 0 saturated carbocycles. The lowest BCUT2D eigenvalue weighted by Crippen LogP contribution is -2.52. The van der Waals surface area contributed by atoms with Gasteiger partial charge < -0.3 is 4.52 Å². The molecule has 4 nitrogen and oxygen atoms in total. The molecule has 0 saturated heterocycles. The highest BCUT2D eigenvalue weighted by molar-refractivity contribution is 9.10. The monoisotopic (exact) mass is 474 g/mol. The van der Waals surface area contributed by atoms with E-state index in [9.17, 15) is 4.79 Å². The highest BCUT2D eigenvalue weighted by Crippen LogP contribution is 2.60. The highest BCUT2D eigenvalue weighted by Gasteiger charge is 2.63. The van der Waals surface area contributed by atoms with Crippen LogP contribution >= 0.6 is 27.7 Å². The molecule has 1 aromatic heterocycles. The van der Waals surface area contributed by atoms with Gasteiger partial charge in [0.15, 0.2) is 11.3 Å². The molecule has 0 N–H and O–H groups in total. The Hall–Kier alpha value is -1.40. The number of benzene rings is 1. The zero-order valence-corrected chi connectivity index (χ0v) is 20.0. The van der Waals surface area contributed by atoms with E-state index in [2.05, 4.69) is 39.3 Å². The fourth-order valence-electron chi connectivity index (χ4n) is 5.25. The molecule has 0 bridgehead atoms. The molecule has 0 amide bonds. The van der Waals surface area contributed by atoms with Gasteiger partial charge in [0, 0.05) is 21.4 Å². The molecule has 0 fully saturated rings. The van der Waals surface area contributed by atoms with Crippen molar-refractivity contribution in [3.63, 3.8) is 0 Å². The summed E-state index contributed by atoms with van der Waals surface area (Å²) < 4.78 is 6.50. The summed E-state index contributed by atoms with van der Waals surface area (Å²) in [6.07, 6.45) is 5.35. The molecule has 6 heteroatoms. The smallest absolute Gasteiger partial charge is 0.168 e. The van der Waals surface area contributed by atoms with Gasteiger partial charge in [-0.25, -0.2) is 0 Å². The first-order chi connectivity index (χ1) is 13.7. The summed E-state index contributed by atoms with van der Waals surface area (Å²) in [6, 6.07) is 6.36. The molecule has 2 aliphatic rings. The normalized spacial score (nSPS) is 26.1. The molecule has 1 heterocycles. The maximum absolute atomic E-state index is 14.0. The number of aromatic nitrogens is 1. The fraction of sp³-hybridized carbons (Fsp3) is 0.522. The van der Waals surface area contributed by atoms with Gasteiger partial charge in [0.05, 0.1) is 10.7 Å². The number of aliphatic imine (C=N–C) groups is 1. The Balaban J connectivity index is 2.02. The molecule has 29 heavy (non-hydrogen) atoms. The lowest BCUT2D eigenvalue weighted by atomic mass is 9.59. The number of ketones is 1. The van der Waals surface area contributed by atoms with E-state index in [0.717, 1.165) is 52.2 Å². The lowest BCUT2D eigenvalue weighted by molar-refractivity contribution is -0.132. The van der Waals surface area contributed by atoms with E-state index in [1.54, 1.807) is 11.8 Å². The summed E-state index contributed by atoms with van der Waals surface area (Å²) >= 11 is 5.25. The first-order valence-corrected chi connectivity index (χ1v) is 12.1. The number of carbonyl (C=O) groups is 1. The average molecular weight is 475 g/mol. The van der Waals surface area contributed by atoms with Crippen LogP contribution in [0.4, 0.5) is 0 Å². The van der Waals surface area contributed by atoms with Crippen molar-refractivity contribution in [1.29, 1.82) is 0 Å². The van der Waals surface area contributed by atoms with E-state index in [-0.39, 0.29) is 17.1 Å². The van der Waals surface area contributed by atoms with E-state index < -0.39 is 5.54 Å². The van der Waals surface area contributed by atoms with E-state index in [0.29, 0.717) is 0 Å². The minimum atomic E-state index is -0.880. The van der Waals surface area contributed by atoms with Crippen LogP contribution in [-0.2, 0) is 29.6 Å². The van der Waals surface area contributed by atoms with E-state index in [4.69, 9.17) is 9.52 Å². The number of rotatable bonds is 3. The van der Waals surface area contributed by atoms with Gasteiger partial charge in [-0.1, -0.05) is 41.0 Å². The summed E-state index contributed by atoms with van der Waals surface area (Å²) in [5, 5.41) is 5.22. The first-order valence-electron chi connectivity index (χ1n) is 10.1. The molecule has 1 aromatic carbocycles. The maximum Gasteiger partial charge on any atom is 0.168 e. The lowest BCUT2D eigenvalue weighted by Gasteiger charge is -2.46. The summed E-state index contributed by atoms with van der Waals surface area (Å²) in [4.78, 5) is 19.3. The zero-order valence-electron chi connectivity index (χ0n) is 17.6. The second kappa shape index (κ2) is 7.38. The molecule has 4 rings (SSSR count). The van der Waals surface area contributed by atoms with Crippen molar-refractivity contribution in [2.45, 2.75) is 58.9 Å². The van der Waals surface area contributed by atoms with E-state index in [1.165, 1.54) is 11.1 Å². The number of nitrogens with zero attached hydrogens (tertiary/aromatic N) is 2. The van der Waals surface area contributed by atoms with Crippen molar-refractivity contribution < 1.29 is 9.32 Å². The molecule has 0 aliphatic heterocycles. The van der Waals surface area contributed by atoms with Crippen LogP contribution in [0.2, 0.25) is 0 Å². The van der Waals surface area contributed by atoms with Crippen LogP contribution < -0.4 is 0 Å². The number of thioether (sulfide) groups is 1. The quantitative estimate of drug-likeness (QED) is 0.424. The molecule has 1 spiro atoms. The van der Waals surface area contributed by atoms with Crippen LogP contribution in [0.15, 0.2) is 32.2 Å². The SMILES string of the molecule is CSC(C)=NC1(C(=O)C(C)C)c2cc(Br)ccc2CC12CCc1noc(C)c1C2. The van der Waals surface area contributed by atoms with Crippen LogP contribution in [0, 0.1) is 18.3 Å². The van der Waals surface area contributed by atoms with Crippen molar-refractivity contribution in [1.82, 2.24) is 5.16 Å². The molecule has 154 valence electrons. The highest BCUT2D eigenvalue weighted by atomic mass is 79.9. The van der Waals surface area contributed by atoms with Crippen LogP contribution in [-0.4, -0.2) is 22.2 Å². The molecule has 2 aliphatic carbocycles.